The van der Waals surface area contributed by atoms with E-state index in [0.29, 0.717) is 5.92 Å². The zero-order valence-corrected chi connectivity index (χ0v) is 13.4. The Balaban J connectivity index is 1.87. The lowest BCUT2D eigenvalue weighted by atomic mass is 9.66. The van der Waals surface area contributed by atoms with Crippen molar-refractivity contribution in [3.8, 4) is 0 Å². The molecule has 3 unspecified atom stereocenters. The lowest BCUT2D eigenvalue weighted by Crippen LogP contribution is -2.50. The highest BCUT2D eigenvalue weighted by atomic mass is 16.3. The van der Waals surface area contributed by atoms with Gasteiger partial charge in [-0.2, -0.15) is 0 Å². The van der Waals surface area contributed by atoms with Gasteiger partial charge in [0.1, 0.15) is 0 Å². The molecule has 2 nitrogen and oxygen atoms in total. The number of aliphatic hydroxyl groups is 1. The first-order valence-electron chi connectivity index (χ1n) is 8.35. The zero-order chi connectivity index (χ0) is 14.0. The summed E-state index contributed by atoms with van der Waals surface area (Å²) in [6.07, 6.45) is 5.77. The van der Waals surface area contributed by atoms with Crippen LogP contribution in [-0.2, 0) is 0 Å². The van der Waals surface area contributed by atoms with E-state index in [-0.39, 0.29) is 5.60 Å². The van der Waals surface area contributed by atoms with E-state index in [1.54, 1.807) is 0 Å². The summed E-state index contributed by atoms with van der Waals surface area (Å²) in [4.78, 5) is 2.54. The fourth-order valence-corrected chi connectivity index (χ4v) is 4.08. The molecule has 0 aromatic rings. The molecule has 19 heavy (non-hydrogen) atoms. The molecule has 0 aromatic carbocycles. The molecule has 1 saturated carbocycles. The van der Waals surface area contributed by atoms with E-state index in [2.05, 4.69) is 32.6 Å². The van der Waals surface area contributed by atoms with Crippen molar-refractivity contribution in [2.45, 2.75) is 65.4 Å². The third-order valence-corrected chi connectivity index (χ3v) is 5.70. The molecule has 2 rings (SSSR count). The van der Waals surface area contributed by atoms with Crippen LogP contribution in [-0.4, -0.2) is 35.2 Å². The highest BCUT2D eigenvalue weighted by molar-refractivity contribution is 4.94. The van der Waals surface area contributed by atoms with E-state index < -0.39 is 0 Å². The Morgan fingerprint density at radius 1 is 1.11 bits per heavy atom. The maximum atomic E-state index is 11.0. The molecule has 3 atom stereocenters. The molecule has 0 amide bonds. The van der Waals surface area contributed by atoms with E-state index in [9.17, 15) is 5.11 Å². The minimum absolute atomic E-state index is 0.359. The van der Waals surface area contributed by atoms with Gasteiger partial charge in [0, 0.05) is 19.6 Å². The van der Waals surface area contributed by atoms with Crippen molar-refractivity contribution in [1.82, 2.24) is 4.90 Å². The van der Waals surface area contributed by atoms with E-state index in [4.69, 9.17) is 0 Å². The summed E-state index contributed by atoms with van der Waals surface area (Å²) in [6.45, 7) is 12.7. The number of piperidine rings is 1. The molecule has 0 aromatic heterocycles. The van der Waals surface area contributed by atoms with Crippen molar-refractivity contribution < 1.29 is 5.11 Å². The summed E-state index contributed by atoms with van der Waals surface area (Å²) >= 11 is 0. The Bertz CT molecular complexity index is 281. The van der Waals surface area contributed by atoms with Crippen molar-refractivity contribution >= 4 is 0 Å². The van der Waals surface area contributed by atoms with Gasteiger partial charge in [-0.3, -0.25) is 0 Å². The van der Waals surface area contributed by atoms with Crippen LogP contribution >= 0.6 is 0 Å². The predicted octanol–water partition coefficient (Wildman–Crippen LogP) is 3.54. The molecule has 1 saturated heterocycles. The van der Waals surface area contributed by atoms with E-state index in [1.807, 2.05) is 0 Å². The molecule has 0 spiro atoms. The number of hydrogen-bond donors (Lipinski definition) is 1. The second-order valence-electron chi connectivity index (χ2n) is 7.76. The molecule has 1 heterocycles. The molecular weight excluding hydrogens is 234 g/mol. The van der Waals surface area contributed by atoms with Gasteiger partial charge in [-0.05, 0) is 49.4 Å². The Morgan fingerprint density at radius 3 is 2.26 bits per heavy atom. The van der Waals surface area contributed by atoms with Crippen LogP contribution < -0.4 is 0 Å². The van der Waals surface area contributed by atoms with Crippen LogP contribution in [0.3, 0.4) is 0 Å². The summed E-state index contributed by atoms with van der Waals surface area (Å²) in [5, 5.41) is 11.0. The summed E-state index contributed by atoms with van der Waals surface area (Å²) in [5.74, 6) is 2.93. The van der Waals surface area contributed by atoms with Crippen molar-refractivity contribution in [2.24, 2.45) is 23.7 Å². The number of likely N-dealkylation sites (tertiary alicyclic amines) is 1. The average Bonchev–Trinajstić information content (AvgIpc) is 2.35. The van der Waals surface area contributed by atoms with Crippen LogP contribution in [0.5, 0.6) is 0 Å². The lowest BCUT2D eigenvalue weighted by molar-refractivity contribution is -0.0879. The van der Waals surface area contributed by atoms with Crippen LogP contribution in [0.1, 0.15) is 59.8 Å². The first kappa shape index (κ1) is 15.3. The highest BCUT2D eigenvalue weighted by Gasteiger charge is 2.42. The first-order chi connectivity index (χ1) is 8.90. The number of rotatable bonds is 3. The molecule has 1 N–H and O–H groups in total. The maximum absolute atomic E-state index is 11.0. The van der Waals surface area contributed by atoms with Crippen molar-refractivity contribution in [3.63, 3.8) is 0 Å². The van der Waals surface area contributed by atoms with Crippen molar-refractivity contribution in [2.75, 3.05) is 19.6 Å². The second kappa shape index (κ2) is 6.13. The van der Waals surface area contributed by atoms with Crippen LogP contribution in [0.25, 0.3) is 0 Å². The van der Waals surface area contributed by atoms with E-state index >= 15 is 0 Å². The molecule has 1 aliphatic heterocycles. The average molecular weight is 267 g/mol. The molecule has 1 aliphatic carbocycles. The smallest absolute Gasteiger partial charge is 0.0700 e. The molecule has 2 heteroatoms. The Hall–Kier alpha value is -0.0800. The molecule has 2 aliphatic rings. The summed E-state index contributed by atoms with van der Waals surface area (Å²) in [5.41, 5.74) is -0.359. The van der Waals surface area contributed by atoms with Crippen molar-refractivity contribution in [1.29, 1.82) is 0 Å². The number of hydrogen-bond acceptors (Lipinski definition) is 2. The molecule has 112 valence electrons. The van der Waals surface area contributed by atoms with Crippen LogP contribution in [0, 0.1) is 23.7 Å². The summed E-state index contributed by atoms with van der Waals surface area (Å²) in [7, 11) is 0. The SMILES string of the molecule is CC(C)CN1CCC(O)(C2CCC(C)C(C)C2)CC1. The molecule has 0 radical (unpaired) electrons. The first-order valence-corrected chi connectivity index (χ1v) is 8.35. The van der Waals surface area contributed by atoms with Gasteiger partial charge >= 0.3 is 0 Å². The van der Waals surface area contributed by atoms with Gasteiger partial charge in [0.2, 0.25) is 0 Å². The van der Waals surface area contributed by atoms with Crippen LogP contribution in [0.15, 0.2) is 0 Å². The standard InChI is InChI=1S/C17H33NO/c1-13(2)12-18-9-7-17(19,8-10-18)16-6-5-14(3)15(4)11-16/h13-16,19H,5-12H2,1-4H3. The molecule has 0 bridgehead atoms. The normalized spacial score (nSPS) is 36.6. The predicted molar refractivity (Wildman–Crippen MR) is 81.1 cm³/mol. The third-order valence-electron chi connectivity index (χ3n) is 5.70. The van der Waals surface area contributed by atoms with Gasteiger partial charge in [0.15, 0.2) is 0 Å². The Kier molecular flexibility index (Phi) is 4.94. The fraction of sp³-hybridized carbons (Fsp3) is 1.00. The Labute approximate surface area is 119 Å². The minimum Gasteiger partial charge on any atom is -0.390 e. The monoisotopic (exact) mass is 267 g/mol. The third kappa shape index (κ3) is 3.72. The highest BCUT2D eigenvalue weighted by Crippen LogP contribution is 2.42. The molecular formula is C17H33NO. The van der Waals surface area contributed by atoms with Gasteiger partial charge < -0.3 is 10.0 Å². The van der Waals surface area contributed by atoms with Gasteiger partial charge in [-0.1, -0.05) is 34.1 Å². The van der Waals surface area contributed by atoms with Crippen LogP contribution in [0.2, 0.25) is 0 Å². The summed E-state index contributed by atoms with van der Waals surface area (Å²) < 4.78 is 0. The zero-order valence-electron chi connectivity index (χ0n) is 13.4. The van der Waals surface area contributed by atoms with Gasteiger partial charge in [-0.25, -0.2) is 0 Å². The number of nitrogens with zero attached hydrogens (tertiary/aromatic N) is 1. The molecule has 2 fully saturated rings. The summed E-state index contributed by atoms with van der Waals surface area (Å²) in [6, 6.07) is 0. The van der Waals surface area contributed by atoms with Gasteiger partial charge in [-0.15, -0.1) is 0 Å². The topological polar surface area (TPSA) is 23.5 Å². The second-order valence-corrected chi connectivity index (χ2v) is 7.76. The van der Waals surface area contributed by atoms with E-state index in [1.165, 1.54) is 25.8 Å². The fourth-order valence-electron chi connectivity index (χ4n) is 4.08. The quantitative estimate of drug-likeness (QED) is 0.845. The van der Waals surface area contributed by atoms with E-state index in [0.717, 1.165) is 43.7 Å². The van der Waals surface area contributed by atoms with Gasteiger partial charge in [0.05, 0.1) is 5.60 Å². The largest absolute Gasteiger partial charge is 0.390 e. The maximum Gasteiger partial charge on any atom is 0.0700 e. The van der Waals surface area contributed by atoms with Crippen molar-refractivity contribution in [3.05, 3.63) is 0 Å². The van der Waals surface area contributed by atoms with Gasteiger partial charge in [0.25, 0.3) is 0 Å². The van der Waals surface area contributed by atoms with Crippen LogP contribution in [0.4, 0.5) is 0 Å². The Morgan fingerprint density at radius 2 is 1.74 bits per heavy atom. The minimum atomic E-state index is -0.359. The lowest BCUT2D eigenvalue weighted by Gasteiger charge is -2.47.